The Kier molecular flexibility index (Phi) is 2.52. The van der Waals surface area contributed by atoms with Crippen LogP contribution >= 0.6 is 11.8 Å². The molecule has 0 unspecified atom stereocenters. The molecule has 0 radical (unpaired) electrons. The van der Waals surface area contributed by atoms with Gasteiger partial charge in [-0.2, -0.15) is 0 Å². The van der Waals surface area contributed by atoms with Crippen LogP contribution in [0.5, 0.6) is 0 Å². The number of hydrogen-bond acceptors (Lipinski definition) is 3. The van der Waals surface area contributed by atoms with Crippen LogP contribution in [0.2, 0.25) is 0 Å². The number of aromatic nitrogens is 2. The molecular weight excluding hydrogens is 184 g/mol. The van der Waals surface area contributed by atoms with Crippen LogP contribution in [0.4, 0.5) is 0 Å². The summed E-state index contributed by atoms with van der Waals surface area (Å²) in [5.74, 6) is 0.731. The third kappa shape index (κ3) is 1.68. The number of aliphatic hydroxyl groups is 1. The van der Waals surface area contributed by atoms with Gasteiger partial charge in [0.1, 0.15) is 0 Å². The first-order valence-electron chi connectivity index (χ1n) is 4.06. The lowest BCUT2D eigenvalue weighted by Crippen LogP contribution is -1.89. The number of hydrogen-bond donors (Lipinski definition) is 1. The SMILES string of the molecule is OCCSc1ccc2cnccn12. The molecule has 0 aliphatic rings. The minimum Gasteiger partial charge on any atom is -0.396 e. The summed E-state index contributed by atoms with van der Waals surface area (Å²) in [7, 11) is 0. The second-order valence-corrected chi connectivity index (χ2v) is 3.73. The first-order chi connectivity index (χ1) is 6.42. The molecule has 0 aliphatic heterocycles. The van der Waals surface area contributed by atoms with E-state index < -0.39 is 0 Å². The molecule has 2 heterocycles. The Morgan fingerprint density at radius 1 is 1.46 bits per heavy atom. The third-order valence-electron chi connectivity index (χ3n) is 1.76. The largest absolute Gasteiger partial charge is 0.396 e. The zero-order valence-electron chi connectivity index (χ0n) is 7.05. The lowest BCUT2D eigenvalue weighted by Gasteiger charge is -1.99. The third-order valence-corrected chi connectivity index (χ3v) is 2.78. The van der Waals surface area contributed by atoms with E-state index in [1.807, 2.05) is 24.5 Å². The highest BCUT2D eigenvalue weighted by Crippen LogP contribution is 2.20. The van der Waals surface area contributed by atoms with Crippen molar-refractivity contribution in [2.75, 3.05) is 12.4 Å². The molecule has 2 aromatic heterocycles. The van der Waals surface area contributed by atoms with E-state index in [1.54, 1.807) is 18.0 Å². The van der Waals surface area contributed by atoms with E-state index in [4.69, 9.17) is 5.11 Å². The zero-order chi connectivity index (χ0) is 9.10. The summed E-state index contributed by atoms with van der Waals surface area (Å²) in [5.41, 5.74) is 1.09. The fourth-order valence-electron chi connectivity index (χ4n) is 1.20. The topological polar surface area (TPSA) is 37.5 Å². The molecule has 3 nitrogen and oxygen atoms in total. The van der Waals surface area contributed by atoms with E-state index in [2.05, 4.69) is 9.38 Å². The Morgan fingerprint density at radius 3 is 3.23 bits per heavy atom. The van der Waals surface area contributed by atoms with Gasteiger partial charge in [-0.1, -0.05) is 0 Å². The molecule has 0 atom stereocenters. The van der Waals surface area contributed by atoms with Crippen molar-refractivity contribution >= 4 is 17.3 Å². The van der Waals surface area contributed by atoms with E-state index in [9.17, 15) is 0 Å². The molecule has 0 fully saturated rings. The predicted molar refractivity (Wildman–Crippen MR) is 53.0 cm³/mol. The van der Waals surface area contributed by atoms with E-state index >= 15 is 0 Å². The molecule has 0 aliphatic carbocycles. The summed E-state index contributed by atoms with van der Waals surface area (Å²) in [6.45, 7) is 0.211. The van der Waals surface area contributed by atoms with Gasteiger partial charge in [0.2, 0.25) is 0 Å². The standard InChI is InChI=1S/C9H10N2OS/c12-5-6-13-9-2-1-8-7-10-3-4-11(8)9/h1-4,7,12H,5-6H2. The van der Waals surface area contributed by atoms with Gasteiger partial charge in [-0.25, -0.2) is 0 Å². The van der Waals surface area contributed by atoms with Gasteiger partial charge >= 0.3 is 0 Å². The van der Waals surface area contributed by atoms with Crippen LogP contribution in [-0.4, -0.2) is 26.9 Å². The van der Waals surface area contributed by atoms with Crippen LogP contribution in [-0.2, 0) is 0 Å². The highest BCUT2D eigenvalue weighted by atomic mass is 32.2. The lowest BCUT2D eigenvalue weighted by molar-refractivity contribution is 0.322. The van der Waals surface area contributed by atoms with Crippen molar-refractivity contribution < 1.29 is 5.11 Å². The molecule has 0 saturated heterocycles. The summed E-state index contributed by atoms with van der Waals surface area (Å²) >= 11 is 1.64. The monoisotopic (exact) mass is 194 g/mol. The molecule has 0 aromatic carbocycles. The Labute approximate surface area is 80.4 Å². The molecule has 1 N–H and O–H groups in total. The summed E-state index contributed by atoms with van der Waals surface area (Å²) in [6, 6.07) is 4.06. The van der Waals surface area contributed by atoms with Crippen molar-refractivity contribution in [3.8, 4) is 0 Å². The second-order valence-electron chi connectivity index (χ2n) is 2.61. The van der Waals surface area contributed by atoms with Gasteiger partial charge in [-0.3, -0.25) is 4.98 Å². The highest BCUT2D eigenvalue weighted by molar-refractivity contribution is 7.99. The van der Waals surface area contributed by atoms with Gasteiger partial charge in [0.15, 0.2) is 0 Å². The minimum absolute atomic E-state index is 0.211. The molecule has 2 aromatic rings. The molecule has 0 spiro atoms. The lowest BCUT2D eigenvalue weighted by atomic mass is 10.5. The number of aliphatic hydroxyl groups excluding tert-OH is 1. The maximum Gasteiger partial charge on any atom is 0.0795 e. The van der Waals surface area contributed by atoms with Gasteiger partial charge in [0.05, 0.1) is 23.3 Å². The normalized spacial score (nSPS) is 10.8. The molecule has 0 bridgehead atoms. The molecule has 2 rings (SSSR count). The summed E-state index contributed by atoms with van der Waals surface area (Å²) in [6.07, 6.45) is 5.51. The molecule has 4 heteroatoms. The Balaban J connectivity index is 2.35. The average molecular weight is 194 g/mol. The molecule has 68 valence electrons. The van der Waals surface area contributed by atoms with Gasteiger partial charge in [-0.05, 0) is 12.1 Å². The Hall–Kier alpha value is -1.00. The summed E-state index contributed by atoms with van der Waals surface area (Å²) in [4.78, 5) is 4.03. The fraction of sp³-hybridized carbons (Fsp3) is 0.222. The van der Waals surface area contributed by atoms with Crippen LogP contribution in [0.25, 0.3) is 5.52 Å². The zero-order valence-corrected chi connectivity index (χ0v) is 7.87. The van der Waals surface area contributed by atoms with E-state index in [0.717, 1.165) is 16.3 Å². The Bertz CT molecular complexity index is 399. The van der Waals surface area contributed by atoms with Gasteiger partial charge < -0.3 is 9.51 Å². The molecule has 0 saturated carbocycles. The minimum atomic E-state index is 0.211. The highest BCUT2D eigenvalue weighted by Gasteiger charge is 2.00. The van der Waals surface area contributed by atoms with Gasteiger partial charge in [0, 0.05) is 18.1 Å². The van der Waals surface area contributed by atoms with Crippen molar-refractivity contribution in [3.05, 3.63) is 30.7 Å². The maximum absolute atomic E-state index is 8.69. The summed E-state index contributed by atoms with van der Waals surface area (Å²) in [5, 5.41) is 9.84. The first-order valence-corrected chi connectivity index (χ1v) is 5.05. The van der Waals surface area contributed by atoms with Crippen molar-refractivity contribution in [2.45, 2.75) is 5.03 Å². The van der Waals surface area contributed by atoms with Crippen LogP contribution in [0.1, 0.15) is 0 Å². The van der Waals surface area contributed by atoms with E-state index in [1.165, 1.54) is 0 Å². The molecule has 0 amide bonds. The van der Waals surface area contributed by atoms with Crippen LogP contribution in [0, 0.1) is 0 Å². The number of fused-ring (bicyclic) bond motifs is 1. The van der Waals surface area contributed by atoms with Crippen molar-refractivity contribution in [1.29, 1.82) is 0 Å². The van der Waals surface area contributed by atoms with Crippen molar-refractivity contribution in [3.63, 3.8) is 0 Å². The molecule has 13 heavy (non-hydrogen) atoms. The maximum atomic E-state index is 8.69. The summed E-state index contributed by atoms with van der Waals surface area (Å²) < 4.78 is 2.06. The van der Waals surface area contributed by atoms with Crippen molar-refractivity contribution in [1.82, 2.24) is 9.38 Å². The first kappa shape index (κ1) is 8.59. The van der Waals surface area contributed by atoms with Crippen LogP contribution in [0.3, 0.4) is 0 Å². The smallest absolute Gasteiger partial charge is 0.0795 e. The number of nitrogens with zero attached hydrogens (tertiary/aromatic N) is 2. The molecular formula is C9H10N2OS. The van der Waals surface area contributed by atoms with E-state index in [0.29, 0.717) is 0 Å². The van der Waals surface area contributed by atoms with Gasteiger partial charge in [-0.15, -0.1) is 11.8 Å². The van der Waals surface area contributed by atoms with Crippen LogP contribution in [0.15, 0.2) is 35.7 Å². The van der Waals surface area contributed by atoms with Crippen LogP contribution < -0.4 is 0 Å². The fourth-order valence-corrected chi connectivity index (χ4v) is 1.97. The average Bonchev–Trinajstić information content (AvgIpc) is 2.58. The quantitative estimate of drug-likeness (QED) is 0.751. The number of rotatable bonds is 3. The van der Waals surface area contributed by atoms with Gasteiger partial charge in [0.25, 0.3) is 0 Å². The number of thioether (sulfide) groups is 1. The predicted octanol–water partition coefficient (Wildman–Crippen LogP) is 1.42. The van der Waals surface area contributed by atoms with E-state index in [-0.39, 0.29) is 6.61 Å². The van der Waals surface area contributed by atoms with Crippen molar-refractivity contribution in [2.24, 2.45) is 0 Å². The Morgan fingerprint density at radius 2 is 2.38 bits per heavy atom. The second kappa shape index (κ2) is 3.81.